The van der Waals surface area contributed by atoms with Gasteiger partial charge in [-0.2, -0.15) is 5.10 Å². The second-order valence-corrected chi connectivity index (χ2v) is 8.28. The molecule has 1 amide bonds. The Kier molecular flexibility index (Phi) is 7.29. The first-order chi connectivity index (χ1) is 14.4. The molecule has 0 aliphatic carbocycles. The largest absolute Gasteiger partial charge is 0.370 e. The topological polar surface area (TPSA) is 88.0 Å². The molecule has 30 heavy (non-hydrogen) atoms. The van der Waals surface area contributed by atoms with Gasteiger partial charge >= 0.3 is 0 Å². The Morgan fingerprint density at radius 3 is 2.83 bits per heavy atom. The zero-order chi connectivity index (χ0) is 21.7. The van der Waals surface area contributed by atoms with Crippen molar-refractivity contribution < 1.29 is 4.79 Å². The van der Waals surface area contributed by atoms with Crippen molar-refractivity contribution in [2.45, 2.75) is 59.4 Å². The zero-order valence-corrected chi connectivity index (χ0v) is 18.9. The minimum atomic E-state index is -0.0282. The Labute approximate surface area is 179 Å². The molecule has 8 heteroatoms. The highest BCUT2D eigenvalue weighted by Gasteiger charge is 2.23. The first-order valence-corrected chi connectivity index (χ1v) is 11.0. The lowest BCUT2D eigenvalue weighted by Crippen LogP contribution is -2.36. The normalized spacial score (nSPS) is 17.6. The Hall–Kier alpha value is -2.64. The van der Waals surface area contributed by atoms with Gasteiger partial charge in [0.1, 0.15) is 18.0 Å². The van der Waals surface area contributed by atoms with E-state index in [0.29, 0.717) is 12.3 Å². The minimum absolute atomic E-state index is 0.0282. The number of anilines is 2. The van der Waals surface area contributed by atoms with E-state index < -0.39 is 0 Å². The van der Waals surface area contributed by atoms with Gasteiger partial charge in [0, 0.05) is 50.4 Å². The zero-order valence-electron chi connectivity index (χ0n) is 18.9. The first kappa shape index (κ1) is 22.1. The highest BCUT2D eigenvalue weighted by molar-refractivity contribution is 5.76. The average molecular weight is 414 g/mol. The van der Waals surface area contributed by atoms with Gasteiger partial charge in [0.05, 0.1) is 11.7 Å². The van der Waals surface area contributed by atoms with Crippen molar-refractivity contribution in [2.24, 2.45) is 13.0 Å². The van der Waals surface area contributed by atoms with Crippen molar-refractivity contribution in [3.63, 3.8) is 0 Å². The Balaban J connectivity index is 1.51. The maximum Gasteiger partial charge on any atom is 0.220 e. The highest BCUT2D eigenvalue weighted by Crippen LogP contribution is 2.26. The van der Waals surface area contributed by atoms with Gasteiger partial charge in [0.25, 0.3) is 0 Å². The molecule has 1 fully saturated rings. The van der Waals surface area contributed by atoms with Crippen LogP contribution in [0.1, 0.15) is 62.5 Å². The first-order valence-electron chi connectivity index (χ1n) is 11.0. The summed E-state index contributed by atoms with van der Waals surface area (Å²) in [6, 6.07) is 1.98. The Morgan fingerprint density at radius 1 is 1.33 bits per heavy atom. The van der Waals surface area contributed by atoms with E-state index in [1.54, 1.807) is 6.33 Å². The second kappa shape index (κ2) is 9.91. The molecule has 3 rings (SSSR count). The molecule has 2 atom stereocenters. The summed E-state index contributed by atoms with van der Waals surface area (Å²) < 4.78 is 1.87. The summed E-state index contributed by atoms with van der Waals surface area (Å²) in [6.07, 6.45) is 5.34. The van der Waals surface area contributed by atoms with Crippen LogP contribution in [0.2, 0.25) is 0 Å². The molecule has 2 N–H and O–H groups in total. The molecule has 0 bridgehead atoms. The maximum atomic E-state index is 12.6. The van der Waals surface area contributed by atoms with Crippen LogP contribution < -0.4 is 15.5 Å². The quantitative estimate of drug-likeness (QED) is 0.691. The molecule has 2 aromatic heterocycles. The van der Waals surface area contributed by atoms with Crippen LogP contribution in [-0.4, -0.2) is 45.3 Å². The van der Waals surface area contributed by atoms with Crippen LogP contribution in [0, 0.1) is 19.8 Å². The van der Waals surface area contributed by atoms with Gasteiger partial charge in [-0.05, 0) is 52.9 Å². The van der Waals surface area contributed by atoms with E-state index >= 15 is 0 Å². The van der Waals surface area contributed by atoms with E-state index in [-0.39, 0.29) is 11.9 Å². The van der Waals surface area contributed by atoms with Crippen LogP contribution in [-0.2, 0) is 11.8 Å². The molecule has 3 heterocycles. The van der Waals surface area contributed by atoms with Gasteiger partial charge in [-0.25, -0.2) is 9.97 Å². The van der Waals surface area contributed by atoms with Gasteiger partial charge < -0.3 is 15.5 Å². The molecular weight excluding hydrogens is 378 g/mol. The maximum absolute atomic E-state index is 12.6. The van der Waals surface area contributed by atoms with E-state index in [0.717, 1.165) is 67.5 Å². The van der Waals surface area contributed by atoms with Gasteiger partial charge in [0.2, 0.25) is 5.91 Å². The minimum Gasteiger partial charge on any atom is -0.370 e. The number of piperidine rings is 1. The second-order valence-electron chi connectivity index (χ2n) is 8.28. The fourth-order valence-electron chi connectivity index (χ4n) is 4.44. The van der Waals surface area contributed by atoms with E-state index in [2.05, 4.69) is 37.5 Å². The fourth-order valence-corrected chi connectivity index (χ4v) is 4.44. The predicted molar refractivity (Wildman–Crippen MR) is 120 cm³/mol. The summed E-state index contributed by atoms with van der Waals surface area (Å²) in [5.41, 5.74) is 3.20. The van der Waals surface area contributed by atoms with Gasteiger partial charge in [0.15, 0.2) is 0 Å². The Morgan fingerprint density at radius 2 is 2.13 bits per heavy atom. The molecule has 1 aliphatic heterocycles. The molecule has 1 saturated heterocycles. The molecule has 0 aromatic carbocycles. The van der Waals surface area contributed by atoms with E-state index in [1.807, 2.05) is 38.6 Å². The number of hydrogen-bond donors (Lipinski definition) is 2. The lowest BCUT2D eigenvalue weighted by Gasteiger charge is -2.33. The third-order valence-corrected chi connectivity index (χ3v) is 6.01. The number of rotatable bonds is 8. The van der Waals surface area contributed by atoms with Crippen LogP contribution in [0.25, 0.3) is 0 Å². The number of aryl methyl sites for hydroxylation is 2. The van der Waals surface area contributed by atoms with Crippen molar-refractivity contribution in [2.75, 3.05) is 29.9 Å². The van der Waals surface area contributed by atoms with Gasteiger partial charge in [-0.3, -0.25) is 9.48 Å². The van der Waals surface area contributed by atoms with E-state index in [4.69, 9.17) is 0 Å². The molecule has 0 radical (unpaired) electrons. The molecule has 2 aromatic rings. The third kappa shape index (κ3) is 5.29. The summed E-state index contributed by atoms with van der Waals surface area (Å²) >= 11 is 0. The standard InChI is InChI=1S/C22H35N7O/c1-6-23-19-12-20(25-14-24-19)29-11-7-8-18(13-29)9-10-21(30)26-15(2)22-16(3)27-28(5)17(22)4/h12,14-15,18H,6-11,13H2,1-5H3,(H,26,30)(H,23,24,25). The van der Waals surface area contributed by atoms with Crippen LogP contribution in [0.3, 0.4) is 0 Å². The van der Waals surface area contributed by atoms with Crippen LogP contribution >= 0.6 is 0 Å². The smallest absolute Gasteiger partial charge is 0.220 e. The van der Waals surface area contributed by atoms with Crippen LogP contribution in [0.5, 0.6) is 0 Å². The van der Waals surface area contributed by atoms with Crippen molar-refractivity contribution in [1.82, 2.24) is 25.1 Å². The summed E-state index contributed by atoms with van der Waals surface area (Å²) in [4.78, 5) is 23.6. The fraction of sp³-hybridized carbons (Fsp3) is 0.636. The number of carbonyl (C=O) groups excluding carboxylic acids is 1. The molecule has 2 unspecified atom stereocenters. The van der Waals surface area contributed by atoms with Crippen molar-refractivity contribution in [3.05, 3.63) is 29.3 Å². The van der Waals surface area contributed by atoms with Crippen LogP contribution in [0.4, 0.5) is 11.6 Å². The summed E-state index contributed by atoms with van der Waals surface area (Å²) in [6.45, 7) is 10.9. The molecule has 1 aliphatic rings. The Bertz CT molecular complexity index is 863. The number of carbonyl (C=O) groups is 1. The van der Waals surface area contributed by atoms with Crippen molar-refractivity contribution in [3.8, 4) is 0 Å². The van der Waals surface area contributed by atoms with Crippen molar-refractivity contribution in [1.29, 1.82) is 0 Å². The lowest BCUT2D eigenvalue weighted by atomic mass is 9.93. The number of hydrogen-bond acceptors (Lipinski definition) is 6. The molecular formula is C22H35N7O. The predicted octanol–water partition coefficient (Wildman–Crippen LogP) is 3.13. The number of nitrogens with one attached hydrogen (secondary N) is 2. The molecule has 0 spiro atoms. The highest BCUT2D eigenvalue weighted by atomic mass is 16.1. The molecule has 0 saturated carbocycles. The lowest BCUT2D eigenvalue weighted by molar-refractivity contribution is -0.122. The third-order valence-electron chi connectivity index (χ3n) is 6.01. The van der Waals surface area contributed by atoms with E-state index in [9.17, 15) is 4.79 Å². The number of nitrogens with zero attached hydrogens (tertiary/aromatic N) is 5. The van der Waals surface area contributed by atoms with Gasteiger partial charge in [-0.1, -0.05) is 0 Å². The monoisotopic (exact) mass is 413 g/mol. The molecule has 8 nitrogen and oxygen atoms in total. The number of amides is 1. The summed E-state index contributed by atoms with van der Waals surface area (Å²) in [5.74, 6) is 2.43. The summed E-state index contributed by atoms with van der Waals surface area (Å²) in [5, 5.41) is 10.9. The molecule has 164 valence electrons. The SMILES string of the molecule is CCNc1cc(N2CCCC(CCC(=O)NC(C)c3c(C)nn(C)c3C)C2)ncn1. The summed E-state index contributed by atoms with van der Waals surface area (Å²) in [7, 11) is 1.94. The number of aromatic nitrogens is 4. The average Bonchev–Trinajstić information content (AvgIpc) is 2.98. The van der Waals surface area contributed by atoms with E-state index in [1.165, 1.54) is 0 Å². The van der Waals surface area contributed by atoms with Crippen molar-refractivity contribution >= 4 is 17.5 Å². The van der Waals surface area contributed by atoms with Crippen LogP contribution in [0.15, 0.2) is 12.4 Å². The van der Waals surface area contributed by atoms with Gasteiger partial charge in [-0.15, -0.1) is 0 Å².